The fourth-order valence-corrected chi connectivity index (χ4v) is 1.49. The molecule has 0 saturated carbocycles. The van der Waals surface area contributed by atoms with E-state index >= 15 is 0 Å². The molecule has 0 unspecified atom stereocenters. The van der Waals surface area contributed by atoms with Gasteiger partial charge in [-0.1, -0.05) is 24.3 Å². The van der Waals surface area contributed by atoms with E-state index in [1.54, 1.807) is 0 Å². The summed E-state index contributed by atoms with van der Waals surface area (Å²) in [7, 11) is 0. The molecule has 1 atom stereocenters. The Labute approximate surface area is 88.2 Å². The van der Waals surface area contributed by atoms with E-state index in [0.717, 1.165) is 16.6 Å². The van der Waals surface area contributed by atoms with Gasteiger partial charge in [-0.05, 0) is 12.1 Å². The van der Waals surface area contributed by atoms with Crippen LogP contribution in [-0.2, 0) is 0 Å². The fraction of sp³-hybridized carbons (Fsp3) is 0.167. The molecule has 0 aliphatic carbocycles. The van der Waals surface area contributed by atoms with Gasteiger partial charge in [-0.2, -0.15) is 5.26 Å². The van der Waals surface area contributed by atoms with Crippen LogP contribution in [0.4, 0.5) is 0 Å². The van der Waals surface area contributed by atoms with Crippen LogP contribution in [0.25, 0.3) is 10.9 Å². The second-order valence-corrected chi connectivity index (χ2v) is 3.40. The van der Waals surface area contributed by atoms with Crippen LogP contribution in [0.1, 0.15) is 18.2 Å². The molecule has 3 nitrogen and oxygen atoms in total. The Morgan fingerprint density at radius 2 is 2.07 bits per heavy atom. The van der Waals surface area contributed by atoms with Gasteiger partial charge in [0.25, 0.3) is 0 Å². The first-order valence-electron chi connectivity index (χ1n) is 4.79. The van der Waals surface area contributed by atoms with Gasteiger partial charge in [-0.25, -0.2) is 0 Å². The Kier molecular flexibility index (Phi) is 2.61. The molecule has 0 saturated heterocycles. The Bertz CT molecular complexity index is 514. The first kappa shape index (κ1) is 9.63. The summed E-state index contributed by atoms with van der Waals surface area (Å²) < 4.78 is 0. The summed E-state index contributed by atoms with van der Waals surface area (Å²) in [4.78, 5) is 4.42. The van der Waals surface area contributed by atoms with Crippen molar-refractivity contribution in [3.8, 4) is 6.07 Å². The molecule has 1 aromatic carbocycles. The number of nitriles is 1. The number of para-hydroxylation sites is 1. The summed E-state index contributed by atoms with van der Waals surface area (Å²) in [6.07, 6.45) is 0.297. The van der Waals surface area contributed by atoms with Crippen LogP contribution < -0.4 is 5.73 Å². The second kappa shape index (κ2) is 4.07. The minimum absolute atomic E-state index is 0.292. The lowest BCUT2D eigenvalue weighted by molar-refractivity contribution is 0.724. The molecule has 0 aliphatic heterocycles. The summed E-state index contributed by atoms with van der Waals surface area (Å²) in [5, 5.41) is 9.64. The van der Waals surface area contributed by atoms with E-state index in [1.165, 1.54) is 0 Å². The average molecular weight is 197 g/mol. The van der Waals surface area contributed by atoms with Crippen molar-refractivity contribution in [3.63, 3.8) is 0 Å². The fourth-order valence-electron chi connectivity index (χ4n) is 1.49. The van der Waals surface area contributed by atoms with Gasteiger partial charge in [-0.15, -0.1) is 0 Å². The van der Waals surface area contributed by atoms with E-state index in [4.69, 9.17) is 11.0 Å². The first-order chi connectivity index (χ1) is 7.31. The number of fused-ring (bicyclic) bond motifs is 1. The lowest BCUT2D eigenvalue weighted by Crippen LogP contribution is -2.10. The molecule has 0 fully saturated rings. The van der Waals surface area contributed by atoms with Crippen LogP contribution in [0.5, 0.6) is 0 Å². The standard InChI is InChI=1S/C12H11N3/c13-8-7-10(14)12-6-5-9-3-1-2-4-11(9)15-12/h1-6,10H,7,14H2/t10-/m1/s1. The maximum atomic E-state index is 8.55. The molecule has 0 aliphatic rings. The van der Waals surface area contributed by atoms with Gasteiger partial charge in [0.1, 0.15) is 0 Å². The zero-order valence-electron chi connectivity index (χ0n) is 8.22. The van der Waals surface area contributed by atoms with Crippen LogP contribution >= 0.6 is 0 Å². The first-order valence-corrected chi connectivity index (χ1v) is 4.79. The van der Waals surface area contributed by atoms with Crippen molar-refractivity contribution >= 4 is 10.9 Å². The van der Waals surface area contributed by atoms with E-state index in [-0.39, 0.29) is 6.04 Å². The van der Waals surface area contributed by atoms with Crippen LogP contribution in [0, 0.1) is 11.3 Å². The normalized spacial score (nSPS) is 12.3. The number of aromatic nitrogens is 1. The molecule has 2 aromatic rings. The zero-order chi connectivity index (χ0) is 10.7. The summed E-state index contributed by atoms with van der Waals surface area (Å²) in [5.74, 6) is 0. The van der Waals surface area contributed by atoms with E-state index in [1.807, 2.05) is 42.5 Å². The van der Waals surface area contributed by atoms with Crippen LogP contribution in [0.3, 0.4) is 0 Å². The predicted octanol–water partition coefficient (Wildman–Crippen LogP) is 2.15. The topological polar surface area (TPSA) is 62.7 Å². The average Bonchev–Trinajstić information content (AvgIpc) is 2.29. The molecule has 3 heteroatoms. The highest BCUT2D eigenvalue weighted by atomic mass is 14.8. The highest BCUT2D eigenvalue weighted by Crippen LogP contribution is 2.16. The largest absolute Gasteiger partial charge is 0.322 e. The SMILES string of the molecule is N#CC[C@@H](N)c1ccc2ccccc2n1. The van der Waals surface area contributed by atoms with E-state index < -0.39 is 0 Å². The van der Waals surface area contributed by atoms with Crippen LogP contribution in [0.15, 0.2) is 36.4 Å². The second-order valence-electron chi connectivity index (χ2n) is 3.40. The predicted molar refractivity (Wildman–Crippen MR) is 58.9 cm³/mol. The molecule has 2 rings (SSSR count). The molecular weight excluding hydrogens is 186 g/mol. The van der Waals surface area contributed by atoms with Crippen molar-refractivity contribution in [2.45, 2.75) is 12.5 Å². The minimum atomic E-state index is -0.292. The Balaban J connectivity index is 2.43. The Morgan fingerprint density at radius 1 is 1.27 bits per heavy atom. The molecule has 0 spiro atoms. The van der Waals surface area contributed by atoms with Gasteiger partial charge in [0.2, 0.25) is 0 Å². The number of benzene rings is 1. The highest BCUT2D eigenvalue weighted by molar-refractivity contribution is 5.78. The molecular formula is C12H11N3. The number of nitrogens with two attached hydrogens (primary N) is 1. The van der Waals surface area contributed by atoms with Crippen molar-refractivity contribution in [1.82, 2.24) is 4.98 Å². The third-order valence-electron chi connectivity index (χ3n) is 2.31. The molecule has 0 bridgehead atoms. The minimum Gasteiger partial charge on any atom is -0.322 e. The summed E-state index contributed by atoms with van der Waals surface area (Å²) in [6.45, 7) is 0. The monoisotopic (exact) mass is 197 g/mol. The van der Waals surface area contributed by atoms with Gasteiger partial charge in [-0.3, -0.25) is 4.98 Å². The van der Waals surface area contributed by atoms with Crippen molar-refractivity contribution < 1.29 is 0 Å². The maximum Gasteiger partial charge on any atom is 0.0706 e. The maximum absolute atomic E-state index is 8.55. The van der Waals surface area contributed by atoms with Gasteiger partial charge in [0.15, 0.2) is 0 Å². The number of nitrogens with zero attached hydrogens (tertiary/aromatic N) is 2. The molecule has 0 radical (unpaired) electrons. The van der Waals surface area contributed by atoms with Gasteiger partial charge >= 0.3 is 0 Å². The number of pyridine rings is 1. The van der Waals surface area contributed by atoms with Crippen molar-refractivity contribution in [2.75, 3.05) is 0 Å². The van der Waals surface area contributed by atoms with Crippen LogP contribution in [0.2, 0.25) is 0 Å². The molecule has 0 amide bonds. The summed E-state index contributed by atoms with van der Waals surface area (Å²) in [5.41, 5.74) is 7.50. The quantitative estimate of drug-likeness (QED) is 0.802. The molecule has 2 N–H and O–H groups in total. The number of hydrogen-bond acceptors (Lipinski definition) is 3. The van der Waals surface area contributed by atoms with Gasteiger partial charge in [0, 0.05) is 5.39 Å². The lowest BCUT2D eigenvalue weighted by Gasteiger charge is -2.07. The molecule has 1 aromatic heterocycles. The Morgan fingerprint density at radius 3 is 2.87 bits per heavy atom. The van der Waals surface area contributed by atoms with E-state index in [2.05, 4.69) is 4.98 Å². The highest BCUT2D eigenvalue weighted by Gasteiger charge is 2.06. The third kappa shape index (κ3) is 1.95. The summed E-state index contributed by atoms with van der Waals surface area (Å²) >= 11 is 0. The molecule has 74 valence electrons. The smallest absolute Gasteiger partial charge is 0.0706 e. The van der Waals surface area contributed by atoms with Gasteiger partial charge in [0.05, 0.1) is 29.7 Å². The summed E-state index contributed by atoms with van der Waals surface area (Å²) in [6, 6.07) is 13.5. The van der Waals surface area contributed by atoms with Crippen molar-refractivity contribution in [3.05, 3.63) is 42.1 Å². The van der Waals surface area contributed by atoms with Crippen molar-refractivity contribution in [2.24, 2.45) is 5.73 Å². The lowest BCUT2D eigenvalue weighted by atomic mass is 10.1. The van der Waals surface area contributed by atoms with Gasteiger partial charge < -0.3 is 5.73 Å². The van der Waals surface area contributed by atoms with Crippen molar-refractivity contribution in [1.29, 1.82) is 5.26 Å². The third-order valence-corrected chi connectivity index (χ3v) is 2.31. The molecule has 15 heavy (non-hydrogen) atoms. The number of rotatable bonds is 2. The Hall–Kier alpha value is -1.92. The van der Waals surface area contributed by atoms with E-state index in [9.17, 15) is 0 Å². The number of hydrogen-bond donors (Lipinski definition) is 1. The van der Waals surface area contributed by atoms with Crippen LogP contribution in [-0.4, -0.2) is 4.98 Å². The van der Waals surface area contributed by atoms with E-state index in [0.29, 0.717) is 6.42 Å². The zero-order valence-corrected chi connectivity index (χ0v) is 8.22. The molecule has 1 heterocycles.